The predicted molar refractivity (Wildman–Crippen MR) is 59.5 cm³/mol. The van der Waals surface area contributed by atoms with Crippen molar-refractivity contribution < 1.29 is 22.3 Å². The summed E-state index contributed by atoms with van der Waals surface area (Å²) in [6.45, 7) is 2.11. The van der Waals surface area contributed by atoms with Gasteiger partial charge in [-0.2, -0.15) is 8.78 Å². The van der Waals surface area contributed by atoms with Crippen molar-refractivity contribution in [3.05, 3.63) is 30.3 Å². The van der Waals surface area contributed by atoms with Crippen LogP contribution >= 0.6 is 0 Å². The number of benzene rings is 1. The summed E-state index contributed by atoms with van der Waals surface area (Å²) in [4.78, 5) is -0.501. The zero-order valence-electron chi connectivity index (χ0n) is 9.52. The Morgan fingerprint density at radius 2 is 1.71 bits per heavy atom. The van der Waals surface area contributed by atoms with Crippen LogP contribution in [0.3, 0.4) is 0 Å². The Kier molecular flexibility index (Phi) is 3.59. The quantitative estimate of drug-likeness (QED) is 0.907. The summed E-state index contributed by atoms with van der Waals surface area (Å²) in [6.07, 6.45) is -0.369. The van der Waals surface area contributed by atoms with E-state index in [-0.39, 0.29) is 6.42 Å². The molecule has 0 aliphatic heterocycles. The van der Waals surface area contributed by atoms with Gasteiger partial charge in [-0.3, -0.25) is 0 Å². The van der Waals surface area contributed by atoms with Gasteiger partial charge in [-0.1, -0.05) is 25.1 Å². The summed E-state index contributed by atoms with van der Waals surface area (Å²) in [5.74, 6) is 0. The van der Waals surface area contributed by atoms with Crippen LogP contribution in [0.15, 0.2) is 35.2 Å². The maximum absolute atomic E-state index is 13.8. The molecule has 0 fully saturated rings. The van der Waals surface area contributed by atoms with Crippen molar-refractivity contribution in [2.45, 2.75) is 36.0 Å². The Labute approximate surface area is 99.0 Å². The molecule has 0 bridgehead atoms. The van der Waals surface area contributed by atoms with E-state index in [4.69, 9.17) is 0 Å². The van der Waals surface area contributed by atoms with E-state index in [1.807, 2.05) is 0 Å². The standard InChI is InChI=1S/C11H14F2O3S/c1-3-10(2,14)11(12,13)17(15,16)9-7-5-4-6-8-9/h4-8,14H,3H2,1-2H3. The minimum atomic E-state index is -4.89. The van der Waals surface area contributed by atoms with Gasteiger partial charge in [0.25, 0.3) is 0 Å². The zero-order valence-corrected chi connectivity index (χ0v) is 10.3. The predicted octanol–water partition coefficient (Wildman–Crippen LogP) is 2.21. The number of rotatable bonds is 4. The molecule has 0 spiro atoms. The molecule has 0 saturated carbocycles. The topological polar surface area (TPSA) is 54.4 Å². The SMILES string of the molecule is CCC(C)(O)C(F)(F)S(=O)(=O)c1ccccc1. The minimum Gasteiger partial charge on any atom is -0.383 e. The second-order valence-electron chi connectivity index (χ2n) is 3.96. The lowest BCUT2D eigenvalue weighted by molar-refractivity contribution is -0.116. The molecular formula is C11H14F2O3S. The van der Waals surface area contributed by atoms with Crippen LogP contribution in [0.1, 0.15) is 20.3 Å². The van der Waals surface area contributed by atoms with E-state index in [2.05, 4.69) is 0 Å². The van der Waals surface area contributed by atoms with E-state index in [9.17, 15) is 22.3 Å². The molecule has 0 aliphatic carbocycles. The Bertz CT molecular complexity index is 481. The maximum Gasteiger partial charge on any atom is 0.377 e. The Hall–Kier alpha value is -1.01. The lowest BCUT2D eigenvalue weighted by Crippen LogP contribution is -2.50. The average Bonchev–Trinajstić information content (AvgIpc) is 2.29. The first-order valence-corrected chi connectivity index (χ1v) is 6.55. The van der Waals surface area contributed by atoms with Crippen LogP contribution in [0.25, 0.3) is 0 Å². The summed E-state index contributed by atoms with van der Waals surface area (Å²) in [7, 11) is -4.89. The fourth-order valence-electron chi connectivity index (χ4n) is 1.24. The number of halogens is 2. The van der Waals surface area contributed by atoms with Crippen LogP contribution in [-0.4, -0.2) is 24.4 Å². The smallest absolute Gasteiger partial charge is 0.377 e. The molecular weight excluding hydrogens is 250 g/mol. The molecule has 96 valence electrons. The maximum atomic E-state index is 13.8. The molecule has 1 N–H and O–H groups in total. The molecule has 0 aliphatic rings. The molecule has 0 saturated heterocycles. The molecule has 0 amide bonds. The summed E-state index contributed by atoms with van der Waals surface area (Å²) in [5, 5.41) is 5.29. The molecule has 17 heavy (non-hydrogen) atoms. The molecule has 1 aromatic carbocycles. The fourth-order valence-corrected chi connectivity index (χ4v) is 2.78. The molecule has 1 rings (SSSR count). The van der Waals surface area contributed by atoms with Crippen molar-refractivity contribution in [1.29, 1.82) is 0 Å². The number of aliphatic hydroxyl groups is 1. The van der Waals surface area contributed by atoms with Crippen molar-refractivity contribution in [2.75, 3.05) is 0 Å². The first kappa shape index (κ1) is 14.1. The monoisotopic (exact) mass is 264 g/mol. The summed E-state index contributed by atoms with van der Waals surface area (Å²) in [5.41, 5.74) is -2.60. The minimum absolute atomic E-state index is 0.369. The van der Waals surface area contributed by atoms with Gasteiger partial charge in [-0.05, 0) is 25.5 Å². The van der Waals surface area contributed by atoms with Gasteiger partial charge in [0.1, 0.15) is 5.60 Å². The highest BCUT2D eigenvalue weighted by Crippen LogP contribution is 2.39. The van der Waals surface area contributed by atoms with Gasteiger partial charge in [-0.25, -0.2) is 8.42 Å². The molecule has 0 radical (unpaired) electrons. The van der Waals surface area contributed by atoms with Crippen LogP contribution in [0.2, 0.25) is 0 Å². The van der Waals surface area contributed by atoms with E-state index in [0.717, 1.165) is 19.1 Å². The molecule has 3 nitrogen and oxygen atoms in total. The van der Waals surface area contributed by atoms with Crippen LogP contribution in [-0.2, 0) is 9.84 Å². The highest BCUT2D eigenvalue weighted by molar-refractivity contribution is 7.92. The summed E-state index contributed by atoms with van der Waals surface area (Å²) < 4.78 is 51.2. The highest BCUT2D eigenvalue weighted by Gasteiger charge is 2.58. The fraction of sp³-hybridized carbons (Fsp3) is 0.455. The third-order valence-electron chi connectivity index (χ3n) is 2.71. The van der Waals surface area contributed by atoms with E-state index in [0.29, 0.717) is 0 Å². The van der Waals surface area contributed by atoms with Crippen molar-refractivity contribution in [3.63, 3.8) is 0 Å². The van der Waals surface area contributed by atoms with Crippen molar-refractivity contribution >= 4 is 9.84 Å². The van der Waals surface area contributed by atoms with E-state index in [1.54, 1.807) is 0 Å². The highest BCUT2D eigenvalue weighted by atomic mass is 32.2. The van der Waals surface area contributed by atoms with Crippen LogP contribution < -0.4 is 0 Å². The average molecular weight is 264 g/mol. The lowest BCUT2D eigenvalue weighted by atomic mass is 10.1. The first-order chi connectivity index (χ1) is 7.67. The summed E-state index contributed by atoms with van der Waals surface area (Å²) in [6, 6.07) is 6.38. The van der Waals surface area contributed by atoms with Gasteiger partial charge < -0.3 is 5.11 Å². The van der Waals surface area contributed by atoms with Gasteiger partial charge in [-0.15, -0.1) is 0 Å². The number of alkyl halides is 2. The first-order valence-electron chi connectivity index (χ1n) is 5.06. The van der Waals surface area contributed by atoms with Crippen LogP contribution in [0, 0.1) is 0 Å². The van der Waals surface area contributed by atoms with Gasteiger partial charge in [0.15, 0.2) is 0 Å². The third kappa shape index (κ3) is 2.19. The Morgan fingerprint density at radius 3 is 2.12 bits per heavy atom. The third-order valence-corrected chi connectivity index (χ3v) is 4.71. The Balaban J connectivity index is 3.34. The molecule has 1 aromatic rings. The zero-order chi connectivity index (χ0) is 13.3. The molecule has 6 heteroatoms. The van der Waals surface area contributed by atoms with Gasteiger partial charge in [0, 0.05) is 0 Å². The van der Waals surface area contributed by atoms with Crippen molar-refractivity contribution in [2.24, 2.45) is 0 Å². The number of sulfone groups is 1. The lowest BCUT2D eigenvalue weighted by Gasteiger charge is -2.30. The van der Waals surface area contributed by atoms with Crippen molar-refractivity contribution in [3.8, 4) is 0 Å². The van der Waals surface area contributed by atoms with Crippen molar-refractivity contribution in [1.82, 2.24) is 0 Å². The van der Waals surface area contributed by atoms with E-state index in [1.165, 1.54) is 25.1 Å². The van der Waals surface area contributed by atoms with Gasteiger partial charge in [0.2, 0.25) is 9.84 Å². The van der Waals surface area contributed by atoms with Gasteiger partial charge in [0.05, 0.1) is 4.90 Å². The van der Waals surface area contributed by atoms with Crippen LogP contribution in [0.5, 0.6) is 0 Å². The van der Waals surface area contributed by atoms with E-state index >= 15 is 0 Å². The normalized spacial score (nSPS) is 16.5. The molecule has 1 unspecified atom stereocenters. The molecule has 1 atom stereocenters. The number of hydrogen-bond acceptors (Lipinski definition) is 3. The van der Waals surface area contributed by atoms with Gasteiger partial charge >= 0.3 is 5.25 Å². The molecule has 0 heterocycles. The van der Waals surface area contributed by atoms with E-state index < -0.39 is 25.6 Å². The number of hydrogen-bond donors (Lipinski definition) is 1. The largest absolute Gasteiger partial charge is 0.383 e. The second-order valence-corrected chi connectivity index (χ2v) is 5.95. The summed E-state index contributed by atoms with van der Waals surface area (Å²) >= 11 is 0. The second kappa shape index (κ2) is 4.34. The van der Waals surface area contributed by atoms with Crippen LogP contribution in [0.4, 0.5) is 8.78 Å². The Morgan fingerprint density at radius 1 is 1.24 bits per heavy atom. The molecule has 0 aromatic heterocycles.